The van der Waals surface area contributed by atoms with Gasteiger partial charge in [-0.1, -0.05) is 84.9 Å². The summed E-state index contributed by atoms with van der Waals surface area (Å²) in [5.41, 5.74) is 8.09. The zero-order chi connectivity index (χ0) is 23.4. The number of aromatic nitrogens is 1. The Labute approximate surface area is 207 Å². The topological polar surface area (TPSA) is 15.8 Å². The molecule has 0 aliphatic heterocycles. The third-order valence-electron chi connectivity index (χ3n) is 8.33. The van der Waals surface area contributed by atoms with Crippen LogP contribution in [0.15, 0.2) is 109 Å². The van der Waals surface area contributed by atoms with Crippen molar-refractivity contribution in [2.75, 3.05) is 0 Å². The van der Waals surface area contributed by atoms with Crippen LogP contribution in [0.2, 0.25) is 0 Å². The molecule has 0 saturated heterocycles. The van der Waals surface area contributed by atoms with Gasteiger partial charge in [0.15, 0.2) is 0 Å². The summed E-state index contributed by atoms with van der Waals surface area (Å²) >= 11 is 0. The number of hydrogen-bond donors (Lipinski definition) is 1. The minimum absolute atomic E-state index is 1.01. The van der Waals surface area contributed by atoms with Crippen molar-refractivity contribution in [3.8, 4) is 11.1 Å². The van der Waals surface area contributed by atoms with Crippen LogP contribution in [0.25, 0.3) is 76.0 Å². The van der Waals surface area contributed by atoms with Gasteiger partial charge in [-0.15, -0.1) is 0 Å². The number of nitrogens with one attached hydrogen (secondary N) is 1. The number of fused-ring (bicyclic) bond motifs is 13. The third kappa shape index (κ3) is 2.35. The molecule has 9 rings (SSSR count). The lowest BCUT2D eigenvalue weighted by atomic mass is 9.92. The highest BCUT2D eigenvalue weighted by molar-refractivity contribution is 6.27. The summed E-state index contributed by atoms with van der Waals surface area (Å²) in [6.45, 7) is 0. The van der Waals surface area contributed by atoms with E-state index in [1.54, 1.807) is 0 Å². The van der Waals surface area contributed by atoms with Crippen LogP contribution in [0.5, 0.6) is 0 Å². The van der Waals surface area contributed by atoms with Crippen molar-refractivity contribution in [3.63, 3.8) is 0 Å². The molecule has 0 unspecified atom stereocenters. The van der Waals surface area contributed by atoms with Gasteiger partial charge in [0.1, 0.15) is 0 Å². The Morgan fingerprint density at radius 1 is 0.444 bits per heavy atom. The molecule has 0 amide bonds. The second kappa shape index (κ2) is 6.53. The molecule has 36 heavy (non-hydrogen) atoms. The van der Waals surface area contributed by atoms with E-state index in [1.165, 1.54) is 87.1 Å². The molecule has 1 heteroatoms. The maximum Gasteiger partial charge on any atom is 0.0471 e. The van der Waals surface area contributed by atoms with E-state index in [0.29, 0.717) is 0 Å². The van der Waals surface area contributed by atoms with Gasteiger partial charge in [0.2, 0.25) is 0 Å². The van der Waals surface area contributed by atoms with Crippen molar-refractivity contribution in [1.29, 1.82) is 0 Å². The number of rotatable bonds is 0. The van der Waals surface area contributed by atoms with Crippen LogP contribution in [0.4, 0.5) is 0 Å². The first-order chi connectivity index (χ1) is 17.8. The fourth-order valence-electron chi connectivity index (χ4n) is 6.69. The van der Waals surface area contributed by atoms with E-state index in [2.05, 4.69) is 114 Å². The van der Waals surface area contributed by atoms with Gasteiger partial charge < -0.3 is 4.98 Å². The lowest BCUT2D eigenvalue weighted by Gasteiger charge is -2.11. The minimum Gasteiger partial charge on any atom is -0.354 e. The molecule has 1 aliphatic carbocycles. The second-order valence-corrected chi connectivity index (χ2v) is 10.2. The Morgan fingerprint density at radius 3 is 1.92 bits per heavy atom. The predicted octanol–water partition coefficient (Wildman–Crippen LogP) is 9.51. The van der Waals surface area contributed by atoms with Crippen LogP contribution in [0.3, 0.4) is 0 Å². The highest BCUT2D eigenvalue weighted by Crippen LogP contribution is 2.45. The molecule has 1 nitrogen and oxygen atoms in total. The lowest BCUT2D eigenvalue weighted by molar-refractivity contribution is 1.27. The molecule has 8 aromatic rings. The van der Waals surface area contributed by atoms with Gasteiger partial charge in [0.05, 0.1) is 0 Å². The molecular weight excluding hydrogens is 434 g/mol. The van der Waals surface area contributed by atoms with Crippen molar-refractivity contribution < 1.29 is 0 Å². The summed E-state index contributed by atoms with van der Waals surface area (Å²) < 4.78 is 0. The van der Waals surface area contributed by atoms with Crippen molar-refractivity contribution in [1.82, 2.24) is 4.98 Å². The molecule has 166 valence electrons. The summed E-state index contributed by atoms with van der Waals surface area (Å²) in [5.74, 6) is 0. The van der Waals surface area contributed by atoms with Crippen LogP contribution in [-0.2, 0) is 6.42 Å². The van der Waals surface area contributed by atoms with Crippen molar-refractivity contribution in [2.45, 2.75) is 6.42 Å². The van der Waals surface area contributed by atoms with Crippen LogP contribution < -0.4 is 0 Å². The Bertz CT molecular complexity index is 2230. The van der Waals surface area contributed by atoms with E-state index in [0.717, 1.165) is 6.42 Å². The van der Waals surface area contributed by atoms with Gasteiger partial charge in [-0.3, -0.25) is 0 Å². The highest BCUT2D eigenvalue weighted by Gasteiger charge is 2.22. The Kier molecular flexibility index (Phi) is 3.39. The second-order valence-electron chi connectivity index (χ2n) is 10.2. The Morgan fingerprint density at radius 2 is 1.08 bits per heavy atom. The molecule has 0 spiro atoms. The Hall–Kier alpha value is -4.62. The van der Waals surface area contributed by atoms with E-state index >= 15 is 0 Å². The smallest absolute Gasteiger partial charge is 0.0471 e. The normalized spacial score (nSPS) is 12.9. The zero-order valence-corrected chi connectivity index (χ0v) is 19.6. The number of aromatic amines is 1. The molecule has 1 aromatic heterocycles. The van der Waals surface area contributed by atoms with Crippen LogP contribution in [-0.4, -0.2) is 4.98 Å². The fourth-order valence-corrected chi connectivity index (χ4v) is 6.69. The standard InChI is InChI=1S/C35H21N/c1-2-6-21-17-30-25(15-20(21)5-1)16-24-9-10-26-27-13-14-32-35(29(27)12-11-28(26)34(24)30)31-18-22-7-3-4-8-23(22)19-33(31)36-32/h1-15,17-19,36H,16H2. The average Bonchev–Trinajstić information content (AvgIpc) is 3.47. The number of benzene rings is 7. The van der Waals surface area contributed by atoms with Gasteiger partial charge in [0, 0.05) is 21.8 Å². The molecule has 1 heterocycles. The largest absolute Gasteiger partial charge is 0.354 e. The fraction of sp³-hybridized carbons (Fsp3) is 0.0286. The molecule has 0 fully saturated rings. The van der Waals surface area contributed by atoms with Crippen LogP contribution in [0, 0.1) is 0 Å². The van der Waals surface area contributed by atoms with Gasteiger partial charge in [-0.2, -0.15) is 0 Å². The molecule has 7 aromatic carbocycles. The lowest BCUT2D eigenvalue weighted by Crippen LogP contribution is -1.85. The average molecular weight is 456 g/mol. The van der Waals surface area contributed by atoms with Crippen molar-refractivity contribution >= 4 is 64.9 Å². The van der Waals surface area contributed by atoms with Gasteiger partial charge in [-0.05, 0) is 96.0 Å². The number of H-pyrrole nitrogens is 1. The zero-order valence-electron chi connectivity index (χ0n) is 19.6. The molecule has 0 saturated carbocycles. The molecular formula is C35H21N. The highest BCUT2D eigenvalue weighted by atomic mass is 14.7. The molecule has 0 radical (unpaired) electrons. The first-order valence-electron chi connectivity index (χ1n) is 12.7. The predicted molar refractivity (Wildman–Crippen MR) is 154 cm³/mol. The van der Waals surface area contributed by atoms with E-state index in [1.807, 2.05) is 0 Å². The monoisotopic (exact) mass is 455 g/mol. The Balaban J connectivity index is 1.37. The maximum atomic E-state index is 3.68. The molecule has 0 atom stereocenters. The van der Waals surface area contributed by atoms with Crippen molar-refractivity contribution in [3.05, 3.63) is 120 Å². The minimum atomic E-state index is 1.01. The molecule has 0 bridgehead atoms. The van der Waals surface area contributed by atoms with E-state index in [9.17, 15) is 0 Å². The molecule has 1 N–H and O–H groups in total. The number of hydrogen-bond acceptors (Lipinski definition) is 0. The first-order valence-corrected chi connectivity index (χ1v) is 12.7. The van der Waals surface area contributed by atoms with E-state index in [-0.39, 0.29) is 0 Å². The van der Waals surface area contributed by atoms with Crippen molar-refractivity contribution in [2.24, 2.45) is 0 Å². The van der Waals surface area contributed by atoms with E-state index in [4.69, 9.17) is 0 Å². The van der Waals surface area contributed by atoms with Crippen LogP contribution >= 0.6 is 0 Å². The summed E-state index contributed by atoms with van der Waals surface area (Å²) in [6, 6.07) is 40.7. The summed E-state index contributed by atoms with van der Waals surface area (Å²) in [7, 11) is 0. The van der Waals surface area contributed by atoms with Crippen LogP contribution in [0.1, 0.15) is 11.1 Å². The summed E-state index contributed by atoms with van der Waals surface area (Å²) in [4.78, 5) is 3.68. The van der Waals surface area contributed by atoms with Gasteiger partial charge in [-0.25, -0.2) is 0 Å². The van der Waals surface area contributed by atoms with Gasteiger partial charge >= 0.3 is 0 Å². The van der Waals surface area contributed by atoms with E-state index < -0.39 is 0 Å². The quantitative estimate of drug-likeness (QED) is 0.219. The maximum absolute atomic E-state index is 3.68. The molecule has 1 aliphatic rings. The summed E-state index contributed by atoms with van der Waals surface area (Å²) in [5, 5.41) is 13.2. The summed E-state index contributed by atoms with van der Waals surface area (Å²) in [6.07, 6.45) is 1.01. The third-order valence-corrected chi connectivity index (χ3v) is 8.33. The SMILES string of the molecule is c1ccc2cc3c(cc2c1)Cc1ccc2c(ccc4c2ccc2[nH]c5cc6ccccc6cc5c24)c1-3. The first kappa shape index (κ1) is 18.7. The van der Waals surface area contributed by atoms with Gasteiger partial charge in [0.25, 0.3) is 0 Å².